The Morgan fingerprint density at radius 2 is 2.19 bits per heavy atom. The van der Waals surface area contributed by atoms with Gasteiger partial charge in [0.05, 0.1) is 11.9 Å². The molecule has 1 aliphatic heterocycles. The molecule has 2 rings (SSSR count). The Hall–Kier alpha value is -0.620. The first-order valence-electron chi connectivity index (χ1n) is 7.22. The van der Waals surface area contributed by atoms with Crippen molar-refractivity contribution in [2.75, 3.05) is 13.2 Å². The first-order valence-corrected chi connectivity index (χ1v) is 9.14. The molecule has 1 aliphatic rings. The van der Waals surface area contributed by atoms with E-state index >= 15 is 0 Å². The lowest BCUT2D eigenvalue weighted by Gasteiger charge is -2.32. The quantitative estimate of drug-likeness (QED) is 0.902. The van der Waals surface area contributed by atoms with Crippen molar-refractivity contribution in [3.8, 4) is 0 Å². The van der Waals surface area contributed by atoms with Gasteiger partial charge in [0, 0.05) is 23.6 Å². The van der Waals surface area contributed by atoms with Gasteiger partial charge in [-0.25, -0.2) is 13.1 Å². The zero-order chi connectivity index (χ0) is 15.5. The summed E-state index contributed by atoms with van der Waals surface area (Å²) in [6, 6.07) is 7.47. The summed E-state index contributed by atoms with van der Waals surface area (Å²) in [5.41, 5.74) is 1.04. The average Bonchev–Trinajstić information content (AvgIpc) is 2.37. The van der Waals surface area contributed by atoms with Gasteiger partial charge in [0.25, 0.3) is 0 Å². The van der Waals surface area contributed by atoms with Crippen LogP contribution in [0.4, 0.5) is 0 Å². The van der Waals surface area contributed by atoms with Crippen LogP contribution >= 0.6 is 11.6 Å². The van der Waals surface area contributed by atoms with Crippen LogP contribution in [0.25, 0.3) is 0 Å². The predicted molar refractivity (Wildman–Crippen MR) is 85.1 cm³/mol. The second-order valence-electron chi connectivity index (χ2n) is 5.81. The SMILES string of the molecule is CC(C)NS(=O)(=O)[C@H]1CCOC[C@@H]1Cc1cccc(Cl)c1. The molecule has 0 unspecified atom stereocenters. The molecule has 21 heavy (non-hydrogen) atoms. The van der Waals surface area contributed by atoms with Crippen LogP contribution in [0, 0.1) is 5.92 Å². The fourth-order valence-electron chi connectivity index (χ4n) is 2.76. The maximum atomic E-state index is 12.5. The molecule has 0 amide bonds. The van der Waals surface area contributed by atoms with E-state index in [4.69, 9.17) is 16.3 Å². The van der Waals surface area contributed by atoms with Crippen LogP contribution in [-0.4, -0.2) is 32.9 Å². The molecule has 0 radical (unpaired) electrons. The van der Waals surface area contributed by atoms with Crippen molar-refractivity contribution in [1.29, 1.82) is 0 Å². The number of rotatable bonds is 5. The Bertz CT molecular complexity index is 574. The van der Waals surface area contributed by atoms with Gasteiger partial charge < -0.3 is 4.74 Å². The maximum Gasteiger partial charge on any atom is 0.215 e. The van der Waals surface area contributed by atoms with Crippen molar-refractivity contribution in [3.63, 3.8) is 0 Å². The smallest absolute Gasteiger partial charge is 0.215 e. The first kappa shape index (κ1) is 16.7. The minimum absolute atomic E-state index is 0.0477. The molecule has 0 aromatic heterocycles. The van der Waals surface area contributed by atoms with E-state index in [2.05, 4.69) is 4.72 Å². The number of benzene rings is 1. The fourth-order valence-corrected chi connectivity index (χ4v) is 4.89. The predicted octanol–water partition coefficient (Wildman–Crippen LogP) is 2.62. The molecular weight excluding hydrogens is 310 g/mol. The first-order chi connectivity index (χ1) is 9.88. The zero-order valence-electron chi connectivity index (χ0n) is 12.4. The normalized spacial score (nSPS) is 23.4. The van der Waals surface area contributed by atoms with E-state index in [0.717, 1.165) is 5.56 Å². The topological polar surface area (TPSA) is 55.4 Å². The van der Waals surface area contributed by atoms with Gasteiger partial charge in [-0.05, 0) is 44.4 Å². The summed E-state index contributed by atoms with van der Waals surface area (Å²) in [5.74, 6) is -0.0477. The molecule has 118 valence electrons. The number of hydrogen-bond donors (Lipinski definition) is 1. The van der Waals surface area contributed by atoms with Gasteiger partial charge in [-0.3, -0.25) is 0 Å². The Balaban J connectivity index is 2.16. The lowest BCUT2D eigenvalue weighted by Crippen LogP contribution is -2.46. The van der Waals surface area contributed by atoms with E-state index in [1.165, 1.54) is 0 Å². The molecule has 6 heteroatoms. The van der Waals surface area contributed by atoms with Gasteiger partial charge in [0.2, 0.25) is 10.0 Å². The van der Waals surface area contributed by atoms with Crippen molar-refractivity contribution in [3.05, 3.63) is 34.9 Å². The highest BCUT2D eigenvalue weighted by Crippen LogP contribution is 2.26. The summed E-state index contributed by atoms with van der Waals surface area (Å²) < 4.78 is 33.1. The van der Waals surface area contributed by atoms with Gasteiger partial charge in [0.1, 0.15) is 0 Å². The van der Waals surface area contributed by atoms with Crippen LogP contribution in [0.5, 0.6) is 0 Å². The number of ether oxygens (including phenoxy) is 1. The molecule has 0 aliphatic carbocycles. The third kappa shape index (κ3) is 4.68. The van der Waals surface area contributed by atoms with Crippen LogP contribution in [0.2, 0.25) is 5.02 Å². The van der Waals surface area contributed by atoms with Crippen molar-refractivity contribution < 1.29 is 13.2 Å². The van der Waals surface area contributed by atoms with E-state index in [0.29, 0.717) is 31.1 Å². The molecule has 1 aromatic carbocycles. The van der Waals surface area contributed by atoms with Crippen LogP contribution in [-0.2, 0) is 21.2 Å². The third-order valence-electron chi connectivity index (χ3n) is 3.59. The second-order valence-corrected chi connectivity index (χ2v) is 8.18. The van der Waals surface area contributed by atoms with E-state index < -0.39 is 15.3 Å². The van der Waals surface area contributed by atoms with Gasteiger partial charge in [-0.1, -0.05) is 23.7 Å². The standard InChI is InChI=1S/C15H22ClNO3S/c1-11(2)17-21(18,19)15-6-7-20-10-13(15)8-12-4-3-5-14(16)9-12/h3-5,9,11,13,15,17H,6-8,10H2,1-2H3/t13-,15-/m0/s1. The number of nitrogens with one attached hydrogen (secondary N) is 1. The van der Waals surface area contributed by atoms with Gasteiger partial charge in [0.15, 0.2) is 0 Å². The summed E-state index contributed by atoms with van der Waals surface area (Å²) in [7, 11) is -3.32. The molecule has 1 heterocycles. The molecule has 1 saturated heterocycles. The van der Waals surface area contributed by atoms with Crippen molar-refractivity contribution in [2.24, 2.45) is 5.92 Å². The van der Waals surface area contributed by atoms with E-state index in [-0.39, 0.29) is 12.0 Å². The largest absolute Gasteiger partial charge is 0.381 e. The fraction of sp³-hybridized carbons (Fsp3) is 0.600. The molecular formula is C15H22ClNO3S. The van der Waals surface area contributed by atoms with Crippen LogP contribution < -0.4 is 4.72 Å². The molecule has 4 nitrogen and oxygen atoms in total. The molecule has 2 atom stereocenters. The van der Waals surface area contributed by atoms with Crippen LogP contribution in [0.15, 0.2) is 24.3 Å². The van der Waals surface area contributed by atoms with Gasteiger partial charge in [-0.15, -0.1) is 0 Å². The minimum Gasteiger partial charge on any atom is -0.381 e. The summed E-state index contributed by atoms with van der Waals surface area (Å²) in [5, 5.41) is 0.261. The number of sulfonamides is 1. The molecule has 1 fully saturated rings. The van der Waals surface area contributed by atoms with Crippen molar-refractivity contribution >= 4 is 21.6 Å². The molecule has 0 bridgehead atoms. The Kier molecular flexibility index (Phi) is 5.66. The third-order valence-corrected chi connectivity index (χ3v) is 6.04. The van der Waals surface area contributed by atoms with Crippen molar-refractivity contribution in [1.82, 2.24) is 4.72 Å². The van der Waals surface area contributed by atoms with E-state index in [1.807, 2.05) is 38.1 Å². The van der Waals surface area contributed by atoms with Crippen LogP contribution in [0.1, 0.15) is 25.8 Å². The summed E-state index contributed by atoms with van der Waals surface area (Å²) in [4.78, 5) is 0. The van der Waals surface area contributed by atoms with E-state index in [9.17, 15) is 8.42 Å². The zero-order valence-corrected chi connectivity index (χ0v) is 14.0. The second kappa shape index (κ2) is 7.09. The average molecular weight is 332 g/mol. The molecule has 1 aromatic rings. The lowest BCUT2D eigenvalue weighted by molar-refractivity contribution is 0.0569. The number of hydrogen-bond acceptors (Lipinski definition) is 3. The summed E-state index contributed by atoms with van der Waals surface area (Å²) in [6.07, 6.45) is 1.19. The minimum atomic E-state index is -3.32. The Morgan fingerprint density at radius 3 is 2.86 bits per heavy atom. The van der Waals surface area contributed by atoms with Crippen molar-refractivity contribution in [2.45, 2.75) is 38.0 Å². The Morgan fingerprint density at radius 1 is 1.43 bits per heavy atom. The van der Waals surface area contributed by atoms with Crippen LogP contribution in [0.3, 0.4) is 0 Å². The highest BCUT2D eigenvalue weighted by molar-refractivity contribution is 7.90. The summed E-state index contributed by atoms with van der Waals surface area (Å²) >= 11 is 6.00. The van der Waals surface area contributed by atoms with Gasteiger partial charge in [-0.2, -0.15) is 0 Å². The highest BCUT2D eigenvalue weighted by Gasteiger charge is 2.36. The molecule has 0 spiro atoms. The lowest BCUT2D eigenvalue weighted by atomic mass is 9.94. The van der Waals surface area contributed by atoms with Gasteiger partial charge >= 0.3 is 0 Å². The number of halogens is 1. The summed E-state index contributed by atoms with van der Waals surface area (Å²) in [6.45, 7) is 4.64. The van der Waals surface area contributed by atoms with E-state index in [1.54, 1.807) is 0 Å². The maximum absolute atomic E-state index is 12.5. The highest BCUT2D eigenvalue weighted by atomic mass is 35.5. The molecule has 1 N–H and O–H groups in total. The Labute approximate surface area is 131 Å². The monoisotopic (exact) mass is 331 g/mol. The molecule has 0 saturated carbocycles.